The molecule has 1 unspecified atom stereocenters. The van der Waals surface area contributed by atoms with Crippen molar-refractivity contribution in [3.63, 3.8) is 0 Å². The van der Waals surface area contributed by atoms with E-state index in [1.165, 1.54) is 7.11 Å². The molecule has 0 amide bonds. The Balaban J connectivity index is 2.43. The van der Waals surface area contributed by atoms with E-state index < -0.39 is 5.97 Å². The Hall–Kier alpha value is -1.49. The zero-order valence-electron chi connectivity index (χ0n) is 10.4. The van der Waals surface area contributed by atoms with Crippen molar-refractivity contribution in [2.45, 2.75) is 24.3 Å². The predicted octanol–water partition coefficient (Wildman–Crippen LogP) is 2.57. The first kappa shape index (κ1) is 14.6. The lowest BCUT2D eigenvalue weighted by atomic mass is 10.1. The van der Waals surface area contributed by atoms with Gasteiger partial charge in [0.15, 0.2) is 0 Å². The van der Waals surface area contributed by atoms with Gasteiger partial charge in [0, 0.05) is 11.0 Å². The van der Waals surface area contributed by atoms with Crippen LogP contribution >= 0.6 is 11.8 Å². The fourth-order valence-corrected chi connectivity index (χ4v) is 2.28. The highest BCUT2D eigenvalue weighted by atomic mass is 32.2. The van der Waals surface area contributed by atoms with Crippen molar-refractivity contribution in [1.29, 1.82) is 0 Å². The van der Waals surface area contributed by atoms with E-state index in [0.29, 0.717) is 6.42 Å². The molecule has 0 aliphatic heterocycles. The Morgan fingerprint density at radius 2 is 1.94 bits per heavy atom. The summed E-state index contributed by atoms with van der Waals surface area (Å²) >= 11 is 1.64. The smallest absolute Gasteiger partial charge is 0.335 e. The molecule has 0 radical (unpaired) electrons. The molecule has 4 nitrogen and oxygen atoms in total. The van der Waals surface area contributed by atoms with Crippen molar-refractivity contribution in [2.24, 2.45) is 0 Å². The van der Waals surface area contributed by atoms with Crippen molar-refractivity contribution >= 4 is 23.7 Å². The third kappa shape index (κ3) is 4.79. The number of benzene rings is 1. The number of hydrogen-bond donors (Lipinski definition) is 1. The van der Waals surface area contributed by atoms with Gasteiger partial charge in [-0.1, -0.05) is 19.1 Å². The summed E-state index contributed by atoms with van der Waals surface area (Å²) in [7, 11) is 1.38. The molecule has 0 saturated carbocycles. The first-order valence-corrected chi connectivity index (χ1v) is 6.58. The Labute approximate surface area is 110 Å². The monoisotopic (exact) mass is 268 g/mol. The largest absolute Gasteiger partial charge is 0.478 e. The standard InChI is InChI=1S/C13H16O4S/c1-9(7-12(14)17-2)18-8-10-3-5-11(6-4-10)13(15)16/h3-6,9H,7-8H2,1-2H3,(H,15,16). The lowest BCUT2D eigenvalue weighted by Crippen LogP contribution is -2.08. The van der Waals surface area contributed by atoms with Crippen LogP contribution in [0.4, 0.5) is 0 Å². The second-order valence-corrected chi connectivity index (χ2v) is 5.33. The number of thioether (sulfide) groups is 1. The maximum absolute atomic E-state index is 11.1. The number of carboxylic acids is 1. The predicted molar refractivity (Wildman–Crippen MR) is 70.8 cm³/mol. The van der Waals surface area contributed by atoms with Crippen LogP contribution in [0.2, 0.25) is 0 Å². The molecule has 0 aliphatic carbocycles. The molecular formula is C13H16O4S. The summed E-state index contributed by atoms with van der Waals surface area (Å²) in [5, 5.41) is 8.94. The number of carboxylic acid groups (broad SMARTS) is 1. The van der Waals surface area contributed by atoms with Gasteiger partial charge in [-0.05, 0) is 17.7 Å². The molecular weight excluding hydrogens is 252 g/mol. The molecule has 0 aromatic heterocycles. The fraction of sp³-hybridized carbons (Fsp3) is 0.385. The van der Waals surface area contributed by atoms with E-state index >= 15 is 0 Å². The molecule has 1 N–H and O–H groups in total. The van der Waals surface area contributed by atoms with E-state index in [1.54, 1.807) is 36.0 Å². The molecule has 0 fully saturated rings. The minimum Gasteiger partial charge on any atom is -0.478 e. The molecule has 18 heavy (non-hydrogen) atoms. The molecule has 1 aromatic rings. The maximum atomic E-state index is 11.1. The van der Waals surface area contributed by atoms with Gasteiger partial charge < -0.3 is 9.84 Å². The van der Waals surface area contributed by atoms with E-state index in [9.17, 15) is 9.59 Å². The summed E-state index contributed by atoms with van der Waals surface area (Å²) in [4.78, 5) is 21.7. The van der Waals surface area contributed by atoms with Crippen LogP contribution in [-0.2, 0) is 15.3 Å². The van der Waals surface area contributed by atoms with Crippen LogP contribution in [0, 0.1) is 0 Å². The summed E-state index contributed by atoms with van der Waals surface area (Å²) in [6.45, 7) is 1.97. The zero-order valence-corrected chi connectivity index (χ0v) is 11.2. The van der Waals surface area contributed by atoms with E-state index in [2.05, 4.69) is 4.74 Å². The van der Waals surface area contributed by atoms with Gasteiger partial charge in [-0.25, -0.2) is 4.79 Å². The van der Waals surface area contributed by atoms with E-state index in [-0.39, 0.29) is 16.8 Å². The van der Waals surface area contributed by atoms with Gasteiger partial charge in [-0.3, -0.25) is 4.79 Å². The molecule has 98 valence electrons. The number of aromatic carboxylic acids is 1. The van der Waals surface area contributed by atoms with Gasteiger partial charge in [0.2, 0.25) is 0 Å². The number of carbonyl (C=O) groups is 2. The second kappa shape index (κ2) is 7.06. The molecule has 1 rings (SSSR count). The summed E-state index contributed by atoms with van der Waals surface area (Å²) in [5.74, 6) is -0.387. The Morgan fingerprint density at radius 3 is 2.44 bits per heavy atom. The van der Waals surface area contributed by atoms with Gasteiger partial charge in [-0.2, -0.15) is 11.8 Å². The van der Waals surface area contributed by atoms with E-state index in [4.69, 9.17) is 5.11 Å². The van der Waals surface area contributed by atoms with Crippen LogP contribution in [0.5, 0.6) is 0 Å². The van der Waals surface area contributed by atoms with E-state index in [0.717, 1.165) is 11.3 Å². The number of methoxy groups -OCH3 is 1. The van der Waals surface area contributed by atoms with E-state index in [1.807, 2.05) is 6.92 Å². The second-order valence-electron chi connectivity index (χ2n) is 3.90. The van der Waals surface area contributed by atoms with Crippen LogP contribution in [0.25, 0.3) is 0 Å². The van der Waals surface area contributed by atoms with Gasteiger partial charge in [0.25, 0.3) is 0 Å². The van der Waals surface area contributed by atoms with Crippen molar-refractivity contribution in [1.82, 2.24) is 0 Å². The normalized spacial score (nSPS) is 11.9. The Bertz CT molecular complexity index is 414. The topological polar surface area (TPSA) is 63.6 Å². The minimum atomic E-state index is -0.923. The molecule has 0 saturated heterocycles. The molecule has 0 bridgehead atoms. The lowest BCUT2D eigenvalue weighted by Gasteiger charge is -2.09. The SMILES string of the molecule is COC(=O)CC(C)SCc1ccc(C(=O)O)cc1. The highest BCUT2D eigenvalue weighted by Crippen LogP contribution is 2.20. The third-order valence-electron chi connectivity index (χ3n) is 2.42. The van der Waals surface area contributed by atoms with Crippen molar-refractivity contribution in [2.75, 3.05) is 7.11 Å². The third-order valence-corrected chi connectivity index (χ3v) is 3.65. The van der Waals surface area contributed by atoms with Gasteiger partial charge in [0.1, 0.15) is 0 Å². The van der Waals surface area contributed by atoms with Crippen molar-refractivity contribution in [3.8, 4) is 0 Å². The molecule has 0 heterocycles. The number of carbonyl (C=O) groups excluding carboxylic acids is 1. The van der Waals surface area contributed by atoms with Crippen LogP contribution < -0.4 is 0 Å². The average Bonchev–Trinajstić information content (AvgIpc) is 2.36. The highest BCUT2D eigenvalue weighted by Gasteiger charge is 2.10. The first-order chi connectivity index (χ1) is 8.52. The Morgan fingerprint density at radius 1 is 1.33 bits per heavy atom. The van der Waals surface area contributed by atoms with Crippen molar-refractivity contribution in [3.05, 3.63) is 35.4 Å². The molecule has 0 spiro atoms. The van der Waals surface area contributed by atoms with Crippen LogP contribution in [-0.4, -0.2) is 29.4 Å². The van der Waals surface area contributed by atoms with Crippen LogP contribution in [0.1, 0.15) is 29.3 Å². The van der Waals surface area contributed by atoms with Crippen molar-refractivity contribution < 1.29 is 19.4 Å². The maximum Gasteiger partial charge on any atom is 0.335 e. The molecule has 1 aromatic carbocycles. The fourth-order valence-electron chi connectivity index (χ4n) is 1.36. The Kier molecular flexibility index (Phi) is 5.71. The number of esters is 1. The summed E-state index contributed by atoms with van der Waals surface area (Å²) < 4.78 is 4.60. The lowest BCUT2D eigenvalue weighted by molar-refractivity contribution is -0.140. The highest BCUT2D eigenvalue weighted by molar-refractivity contribution is 7.99. The van der Waals surface area contributed by atoms with Crippen LogP contribution in [0.15, 0.2) is 24.3 Å². The van der Waals surface area contributed by atoms with Gasteiger partial charge in [-0.15, -0.1) is 0 Å². The van der Waals surface area contributed by atoms with Gasteiger partial charge >= 0.3 is 11.9 Å². The first-order valence-electron chi connectivity index (χ1n) is 5.53. The number of ether oxygens (including phenoxy) is 1. The molecule has 5 heteroatoms. The molecule has 0 aliphatic rings. The average molecular weight is 268 g/mol. The summed E-state index contributed by atoms with van der Waals surface area (Å²) in [5.41, 5.74) is 1.33. The van der Waals surface area contributed by atoms with Crippen LogP contribution in [0.3, 0.4) is 0 Å². The number of rotatable bonds is 6. The molecule has 1 atom stereocenters. The number of hydrogen-bond acceptors (Lipinski definition) is 4. The quantitative estimate of drug-likeness (QED) is 0.803. The van der Waals surface area contributed by atoms with Gasteiger partial charge in [0.05, 0.1) is 19.1 Å². The summed E-state index contributed by atoms with van der Waals surface area (Å²) in [6.07, 6.45) is 0.383. The minimum absolute atomic E-state index is 0.177. The summed E-state index contributed by atoms with van der Waals surface area (Å²) in [6, 6.07) is 6.76. The zero-order chi connectivity index (χ0) is 13.5.